The highest BCUT2D eigenvalue weighted by Crippen LogP contribution is 2.20. The zero-order valence-electron chi connectivity index (χ0n) is 9.94. The van der Waals surface area contributed by atoms with Gasteiger partial charge in [0.2, 0.25) is 0 Å². The molecule has 6 heteroatoms. The molecule has 2 heterocycles. The van der Waals surface area contributed by atoms with E-state index >= 15 is 0 Å². The zero-order valence-corrected chi connectivity index (χ0v) is 9.94. The number of pyridine rings is 1. The van der Waals surface area contributed by atoms with E-state index in [1.807, 2.05) is 0 Å². The van der Waals surface area contributed by atoms with Crippen molar-refractivity contribution >= 4 is 5.91 Å². The first-order chi connectivity index (χ1) is 8.67. The molecule has 1 aliphatic heterocycles. The summed E-state index contributed by atoms with van der Waals surface area (Å²) in [6.45, 7) is 0.824. The molecule has 98 valence electrons. The van der Waals surface area contributed by atoms with Crippen molar-refractivity contribution in [3.05, 3.63) is 34.2 Å². The quantitative estimate of drug-likeness (QED) is 0.685. The Kier molecular flexibility index (Phi) is 3.78. The maximum absolute atomic E-state index is 12.0. The summed E-state index contributed by atoms with van der Waals surface area (Å²) in [5.74, 6) is -0.465. The molecule has 1 saturated heterocycles. The number of nitrogens with one attached hydrogen (secondary N) is 2. The molecule has 0 aromatic carbocycles. The normalized spacial score (nSPS) is 18.3. The van der Waals surface area contributed by atoms with Crippen molar-refractivity contribution < 1.29 is 14.6 Å². The number of carbonyl (C=O) groups excluding carboxylic acids is 1. The highest BCUT2D eigenvalue weighted by Gasteiger charge is 2.34. The molecule has 1 aromatic rings. The second-order valence-corrected chi connectivity index (χ2v) is 4.43. The van der Waals surface area contributed by atoms with E-state index in [-0.39, 0.29) is 17.6 Å². The predicted molar refractivity (Wildman–Crippen MR) is 64.4 cm³/mol. The lowest BCUT2D eigenvalue weighted by atomic mass is 9.90. The molecule has 6 nitrogen and oxygen atoms in total. The van der Waals surface area contributed by atoms with E-state index in [0.29, 0.717) is 26.1 Å². The van der Waals surface area contributed by atoms with Crippen molar-refractivity contribution in [1.82, 2.24) is 10.3 Å². The van der Waals surface area contributed by atoms with E-state index in [4.69, 9.17) is 4.74 Å². The SMILES string of the molecule is O=C(NC1(CO)CCOCC1)c1c[nH]ccc1=O. The number of aromatic amines is 1. The molecule has 0 saturated carbocycles. The van der Waals surface area contributed by atoms with E-state index in [9.17, 15) is 14.7 Å². The molecule has 2 rings (SSSR count). The van der Waals surface area contributed by atoms with E-state index in [2.05, 4.69) is 10.3 Å². The maximum Gasteiger partial charge on any atom is 0.257 e. The van der Waals surface area contributed by atoms with Crippen molar-refractivity contribution in [2.24, 2.45) is 0 Å². The maximum atomic E-state index is 12.0. The van der Waals surface area contributed by atoms with Crippen LogP contribution in [0.25, 0.3) is 0 Å². The summed E-state index contributed by atoms with van der Waals surface area (Å²) in [5, 5.41) is 12.2. The molecule has 0 atom stereocenters. The average Bonchev–Trinajstić information content (AvgIpc) is 2.40. The number of carbonyl (C=O) groups is 1. The molecular weight excluding hydrogens is 236 g/mol. The van der Waals surface area contributed by atoms with Crippen molar-refractivity contribution in [1.29, 1.82) is 0 Å². The van der Waals surface area contributed by atoms with E-state index in [1.54, 1.807) is 0 Å². The number of aromatic nitrogens is 1. The summed E-state index contributed by atoms with van der Waals surface area (Å²) in [6.07, 6.45) is 3.91. The lowest BCUT2D eigenvalue weighted by Crippen LogP contribution is -2.55. The molecule has 1 aromatic heterocycles. The Morgan fingerprint density at radius 2 is 2.22 bits per heavy atom. The van der Waals surface area contributed by atoms with Crippen LogP contribution in [-0.2, 0) is 4.74 Å². The summed E-state index contributed by atoms with van der Waals surface area (Å²) >= 11 is 0. The molecular formula is C12H16N2O4. The molecule has 0 bridgehead atoms. The lowest BCUT2D eigenvalue weighted by molar-refractivity contribution is 0.0125. The van der Waals surface area contributed by atoms with Gasteiger partial charge in [-0.3, -0.25) is 9.59 Å². The van der Waals surface area contributed by atoms with Crippen LogP contribution in [0.2, 0.25) is 0 Å². The Labute approximate surface area is 104 Å². The van der Waals surface area contributed by atoms with Gasteiger partial charge >= 0.3 is 0 Å². The van der Waals surface area contributed by atoms with Crippen LogP contribution < -0.4 is 10.7 Å². The van der Waals surface area contributed by atoms with Crippen LogP contribution in [0.1, 0.15) is 23.2 Å². The summed E-state index contributed by atoms with van der Waals surface area (Å²) in [7, 11) is 0. The van der Waals surface area contributed by atoms with Crippen LogP contribution in [-0.4, -0.2) is 41.4 Å². The van der Waals surface area contributed by atoms with Gasteiger partial charge in [0.15, 0.2) is 5.43 Å². The van der Waals surface area contributed by atoms with Crippen molar-refractivity contribution in [3.8, 4) is 0 Å². The molecule has 1 fully saturated rings. The van der Waals surface area contributed by atoms with Crippen LogP contribution in [0.4, 0.5) is 0 Å². The van der Waals surface area contributed by atoms with Gasteiger partial charge in [-0.1, -0.05) is 0 Å². The summed E-state index contributed by atoms with van der Waals surface area (Å²) < 4.78 is 5.21. The largest absolute Gasteiger partial charge is 0.394 e. The Morgan fingerprint density at radius 1 is 1.50 bits per heavy atom. The minimum Gasteiger partial charge on any atom is -0.394 e. The van der Waals surface area contributed by atoms with Crippen LogP contribution in [0, 0.1) is 0 Å². The van der Waals surface area contributed by atoms with Gasteiger partial charge in [0.25, 0.3) is 5.91 Å². The number of H-pyrrole nitrogens is 1. The fourth-order valence-corrected chi connectivity index (χ4v) is 1.99. The first kappa shape index (κ1) is 12.8. The number of hydrogen-bond acceptors (Lipinski definition) is 4. The monoisotopic (exact) mass is 252 g/mol. The van der Waals surface area contributed by atoms with E-state index < -0.39 is 11.4 Å². The smallest absolute Gasteiger partial charge is 0.257 e. The molecule has 0 radical (unpaired) electrons. The molecule has 1 aliphatic rings. The fraction of sp³-hybridized carbons (Fsp3) is 0.500. The Morgan fingerprint density at radius 3 is 2.83 bits per heavy atom. The second-order valence-electron chi connectivity index (χ2n) is 4.43. The first-order valence-corrected chi connectivity index (χ1v) is 5.85. The number of aliphatic hydroxyl groups is 1. The van der Waals surface area contributed by atoms with Crippen molar-refractivity contribution in [2.45, 2.75) is 18.4 Å². The fourth-order valence-electron chi connectivity index (χ4n) is 1.99. The number of hydrogen-bond donors (Lipinski definition) is 3. The van der Waals surface area contributed by atoms with Gasteiger partial charge in [-0.15, -0.1) is 0 Å². The number of aliphatic hydroxyl groups excluding tert-OH is 1. The Balaban J connectivity index is 2.15. The Hall–Kier alpha value is -1.66. The van der Waals surface area contributed by atoms with Gasteiger partial charge in [-0.25, -0.2) is 0 Å². The number of amides is 1. The Bertz CT molecular complexity index is 477. The third kappa shape index (κ3) is 2.60. The molecule has 1 amide bonds. The van der Waals surface area contributed by atoms with Gasteiger partial charge in [-0.05, 0) is 12.8 Å². The van der Waals surface area contributed by atoms with E-state index in [1.165, 1.54) is 18.5 Å². The van der Waals surface area contributed by atoms with Gasteiger partial charge in [-0.2, -0.15) is 0 Å². The minimum atomic E-state index is -0.683. The number of ether oxygens (including phenoxy) is 1. The lowest BCUT2D eigenvalue weighted by Gasteiger charge is -2.36. The third-order valence-electron chi connectivity index (χ3n) is 3.20. The van der Waals surface area contributed by atoms with Gasteiger partial charge < -0.3 is 20.1 Å². The average molecular weight is 252 g/mol. The summed E-state index contributed by atoms with van der Waals surface area (Å²) in [5.41, 5.74) is -0.972. The third-order valence-corrected chi connectivity index (χ3v) is 3.20. The second kappa shape index (κ2) is 5.32. The van der Waals surface area contributed by atoms with Crippen LogP contribution in [0.3, 0.4) is 0 Å². The van der Waals surface area contributed by atoms with E-state index in [0.717, 1.165) is 0 Å². The highest BCUT2D eigenvalue weighted by molar-refractivity contribution is 5.94. The molecule has 0 aliphatic carbocycles. The molecule has 0 unspecified atom stereocenters. The number of rotatable bonds is 3. The van der Waals surface area contributed by atoms with Crippen molar-refractivity contribution in [2.75, 3.05) is 19.8 Å². The molecule has 0 spiro atoms. The summed E-state index contributed by atoms with van der Waals surface area (Å²) in [6, 6.07) is 1.30. The summed E-state index contributed by atoms with van der Waals surface area (Å²) in [4.78, 5) is 26.2. The zero-order chi connectivity index (χ0) is 13.0. The van der Waals surface area contributed by atoms with Gasteiger partial charge in [0.1, 0.15) is 5.56 Å². The predicted octanol–water partition coefficient (Wildman–Crippen LogP) is -0.354. The van der Waals surface area contributed by atoms with Crippen LogP contribution in [0.5, 0.6) is 0 Å². The van der Waals surface area contributed by atoms with Crippen molar-refractivity contribution in [3.63, 3.8) is 0 Å². The topological polar surface area (TPSA) is 91.4 Å². The highest BCUT2D eigenvalue weighted by atomic mass is 16.5. The van der Waals surface area contributed by atoms with Gasteiger partial charge in [0, 0.05) is 31.7 Å². The minimum absolute atomic E-state index is 0.0526. The standard InChI is InChI=1S/C12H16N2O4/c15-8-12(2-5-18-6-3-12)14-11(17)9-7-13-4-1-10(9)16/h1,4,7,15H,2-3,5-6,8H2,(H,13,16)(H,14,17). The molecule has 3 N–H and O–H groups in total. The van der Waals surface area contributed by atoms with Crippen LogP contribution >= 0.6 is 0 Å². The van der Waals surface area contributed by atoms with Crippen LogP contribution in [0.15, 0.2) is 23.3 Å². The first-order valence-electron chi connectivity index (χ1n) is 5.85. The molecule has 18 heavy (non-hydrogen) atoms. The van der Waals surface area contributed by atoms with Gasteiger partial charge in [0.05, 0.1) is 12.1 Å².